The van der Waals surface area contributed by atoms with Gasteiger partial charge >= 0.3 is 5.97 Å². The minimum absolute atomic E-state index is 0.144. The average molecular weight is 413 g/mol. The fourth-order valence-corrected chi connectivity index (χ4v) is 3.43. The highest BCUT2D eigenvalue weighted by Gasteiger charge is 2.18. The quantitative estimate of drug-likeness (QED) is 0.457. The van der Waals surface area contributed by atoms with E-state index in [2.05, 4.69) is 25.0 Å². The fraction of sp³-hybridized carbons (Fsp3) is 0.286. The smallest absolute Gasteiger partial charge is 0.307 e. The second-order valence-corrected chi connectivity index (χ2v) is 7.22. The van der Waals surface area contributed by atoms with E-state index in [4.69, 9.17) is 0 Å². The first-order valence-corrected chi connectivity index (χ1v) is 9.54. The molecule has 0 amide bonds. The predicted molar refractivity (Wildman–Crippen MR) is 110 cm³/mol. The van der Waals surface area contributed by atoms with Crippen LogP contribution >= 0.6 is 0 Å². The lowest BCUT2D eigenvalue weighted by molar-refractivity contribution is -0.140. The molecule has 3 aromatic heterocycles. The van der Waals surface area contributed by atoms with Crippen LogP contribution < -0.4 is 5.32 Å². The molecule has 0 aliphatic carbocycles. The van der Waals surface area contributed by atoms with E-state index in [1.807, 2.05) is 30.7 Å². The lowest BCUT2D eigenvalue weighted by atomic mass is 10.1. The lowest BCUT2D eigenvalue weighted by Gasteiger charge is -2.12. The molecule has 156 valence electrons. The van der Waals surface area contributed by atoms with Crippen LogP contribution in [0.4, 0.5) is 14.6 Å². The van der Waals surface area contributed by atoms with E-state index < -0.39 is 11.6 Å². The number of hydrogen-bond donors (Lipinski definition) is 2. The number of H-pyrrole nitrogens is 1. The third kappa shape index (κ3) is 3.47. The van der Waals surface area contributed by atoms with Gasteiger partial charge < -0.3 is 19.6 Å². The molecule has 3 heterocycles. The number of aromatic amines is 1. The van der Waals surface area contributed by atoms with Crippen LogP contribution in [0.15, 0.2) is 30.6 Å². The first kappa shape index (κ1) is 19.8. The van der Waals surface area contributed by atoms with Crippen LogP contribution in [0.2, 0.25) is 0 Å². The molecular weight excluding hydrogens is 392 g/mol. The number of fused-ring (bicyclic) bond motifs is 2. The maximum Gasteiger partial charge on any atom is 0.307 e. The number of aromatic nitrogens is 4. The van der Waals surface area contributed by atoms with Gasteiger partial charge in [-0.05, 0) is 26.0 Å². The van der Waals surface area contributed by atoms with Gasteiger partial charge in [-0.25, -0.2) is 18.7 Å². The van der Waals surface area contributed by atoms with Crippen molar-refractivity contribution < 1.29 is 18.3 Å². The number of benzene rings is 1. The van der Waals surface area contributed by atoms with E-state index in [1.54, 1.807) is 6.20 Å². The van der Waals surface area contributed by atoms with Gasteiger partial charge in [0.05, 0.1) is 24.4 Å². The van der Waals surface area contributed by atoms with E-state index in [9.17, 15) is 13.6 Å². The number of carbonyl (C=O) groups is 1. The first-order chi connectivity index (χ1) is 14.4. The highest BCUT2D eigenvalue weighted by Crippen LogP contribution is 2.32. The normalized spacial score (nSPS) is 11.5. The van der Waals surface area contributed by atoms with Crippen LogP contribution in [0.3, 0.4) is 0 Å². The molecule has 0 atom stereocenters. The summed E-state index contributed by atoms with van der Waals surface area (Å²) in [6.45, 7) is 4.38. The number of carbonyl (C=O) groups excluding carboxylic acids is 1. The summed E-state index contributed by atoms with van der Waals surface area (Å²) in [4.78, 5) is 23.6. The van der Waals surface area contributed by atoms with Crippen LogP contribution in [0.1, 0.15) is 26.3 Å². The molecule has 9 heteroatoms. The fourth-order valence-electron chi connectivity index (χ4n) is 3.43. The van der Waals surface area contributed by atoms with Gasteiger partial charge in [0.1, 0.15) is 23.1 Å². The molecule has 4 aromatic rings. The molecule has 0 radical (unpaired) electrons. The van der Waals surface area contributed by atoms with Crippen LogP contribution in [0.5, 0.6) is 0 Å². The third-order valence-corrected chi connectivity index (χ3v) is 4.92. The summed E-state index contributed by atoms with van der Waals surface area (Å²) in [5.74, 6) is -0.844. The summed E-state index contributed by atoms with van der Waals surface area (Å²) in [5, 5.41) is 4.30. The number of halogens is 2. The van der Waals surface area contributed by atoms with Gasteiger partial charge in [-0.1, -0.05) is 0 Å². The monoisotopic (exact) mass is 413 g/mol. The van der Waals surface area contributed by atoms with Crippen LogP contribution in [-0.4, -0.2) is 39.1 Å². The molecule has 0 spiro atoms. The standard InChI is InChI=1S/C21H21F2N5O2/c1-11(2)28-7-5-13-19(24-6-4-17(29)30-3)26-20(27-21(13)28)15-10-25-18-14(15)8-12(22)9-16(18)23/h5,7-11,25H,4,6H2,1-3H3,(H,24,26,27). The van der Waals surface area contributed by atoms with Crippen molar-refractivity contribution in [3.63, 3.8) is 0 Å². The van der Waals surface area contributed by atoms with Gasteiger partial charge in [-0.2, -0.15) is 0 Å². The van der Waals surface area contributed by atoms with Crippen molar-refractivity contribution in [1.29, 1.82) is 0 Å². The molecule has 0 bridgehead atoms. The maximum atomic E-state index is 14.1. The van der Waals surface area contributed by atoms with Gasteiger partial charge in [0.25, 0.3) is 0 Å². The number of hydrogen-bond acceptors (Lipinski definition) is 5. The second kappa shape index (κ2) is 7.74. The summed E-state index contributed by atoms with van der Waals surface area (Å²) in [6, 6.07) is 4.12. The van der Waals surface area contributed by atoms with Crippen molar-refractivity contribution in [2.45, 2.75) is 26.3 Å². The number of nitrogens with zero attached hydrogens (tertiary/aromatic N) is 3. The van der Waals surface area contributed by atoms with Gasteiger partial charge in [0, 0.05) is 42.0 Å². The molecule has 0 fully saturated rings. The van der Waals surface area contributed by atoms with Crippen molar-refractivity contribution in [3.05, 3.63) is 42.2 Å². The summed E-state index contributed by atoms with van der Waals surface area (Å²) in [6.07, 6.45) is 3.65. The highest BCUT2D eigenvalue weighted by atomic mass is 19.1. The first-order valence-electron chi connectivity index (χ1n) is 9.54. The molecule has 0 aliphatic heterocycles. The van der Waals surface area contributed by atoms with Crippen LogP contribution in [0.25, 0.3) is 33.3 Å². The van der Waals surface area contributed by atoms with E-state index in [-0.39, 0.29) is 23.9 Å². The molecule has 4 rings (SSSR count). The summed E-state index contributed by atoms with van der Waals surface area (Å²) >= 11 is 0. The Kier molecular flexibility index (Phi) is 5.11. The second-order valence-electron chi connectivity index (χ2n) is 7.22. The van der Waals surface area contributed by atoms with Crippen LogP contribution in [0, 0.1) is 11.6 Å². The minimum atomic E-state index is -0.681. The Morgan fingerprint density at radius 3 is 2.80 bits per heavy atom. The molecule has 0 saturated carbocycles. The molecule has 0 aliphatic rings. The minimum Gasteiger partial charge on any atom is -0.469 e. The number of ether oxygens (including phenoxy) is 1. The number of nitrogens with one attached hydrogen (secondary N) is 2. The summed E-state index contributed by atoms with van der Waals surface area (Å²) in [5.41, 5.74) is 1.36. The van der Waals surface area contributed by atoms with E-state index in [0.29, 0.717) is 34.8 Å². The number of rotatable bonds is 6. The number of methoxy groups -OCH3 is 1. The maximum absolute atomic E-state index is 14.1. The Bertz CT molecular complexity index is 1250. The predicted octanol–water partition coefficient (Wildman–Crippen LogP) is 4.41. The lowest BCUT2D eigenvalue weighted by Crippen LogP contribution is -2.11. The Morgan fingerprint density at radius 2 is 2.07 bits per heavy atom. The Hall–Kier alpha value is -3.49. The molecule has 0 unspecified atom stereocenters. The zero-order valence-electron chi connectivity index (χ0n) is 16.8. The Morgan fingerprint density at radius 1 is 1.27 bits per heavy atom. The van der Waals surface area contributed by atoms with E-state index >= 15 is 0 Å². The van der Waals surface area contributed by atoms with Gasteiger partial charge in [-0.3, -0.25) is 4.79 Å². The van der Waals surface area contributed by atoms with Crippen LogP contribution in [-0.2, 0) is 9.53 Å². The third-order valence-electron chi connectivity index (χ3n) is 4.92. The van der Waals surface area contributed by atoms with Gasteiger partial charge in [0.15, 0.2) is 5.82 Å². The zero-order chi connectivity index (χ0) is 21.4. The van der Waals surface area contributed by atoms with Gasteiger partial charge in [0.2, 0.25) is 0 Å². The van der Waals surface area contributed by atoms with E-state index in [0.717, 1.165) is 11.5 Å². The van der Waals surface area contributed by atoms with Gasteiger partial charge in [-0.15, -0.1) is 0 Å². The summed E-state index contributed by atoms with van der Waals surface area (Å²) in [7, 11) is 1.33. The van der Waals surface area contributed by atoms with Crippen molar-refractivity contribution in [2.24, 2.45) is 0 Å². The van der Waals surface area contributed by atoms with Crippen molar-refractivity contribution in [3.8, 4) is 11.4 Å². The molecule has 1 aromatic carbocycles. The topological polar surface area (TPSA) is 84.8 Å². The zero-order valence-corrected chi connectivity index (χ0v) is 16.8. The Labute approximate surface area is 171 Å². The average Bonchev–Trinajstić information content (AvgIpc) is 3.32. The number of esters is 1. The largest absolute Gasteiger partial charge is 0.469 e. The van der Waals surface area contributed by atoms with Crippen molar-refractivity contribution >= 4 is 33.7 Å². The molecular formula is C21H21F2N5O2. The molecule has 30 heavy (non-hydrogen) atoms. The van der Waals surface area contributed by atoms with Crippen molar-refractivity contribution in [2.75, 3.05) is 19.0 Å². The summed E-state index contributed by atoms with van der Waals surface area (Å²) < 4.78 is 34.6. The molecule has 0 saturated heterocycles. The molecule has 7 nitrogen and oxygen atoms in total. The molecule has 2 N–H and O–H groups in total. The van der Waals surface area contributed by atoms with E-state index in [1.165, 1.54) is 13.2 Å². The SMILES string of the molecule is COC(=O)CCNc1nc(-c2c[nH]c3c(F)cc(F)cc23)nc2c1ccn2C(C)C. The number of anilines is 1. The highest BCUT2D eigenvalue weighted by molar-refractivity contribution is 5.96. The Balaban J connectivity index is 1.86. The van der Waals surface area contributed by atoms with Crippen molar-refractivity contribution in [1.82, 2.24) is 19.5 Å².